The van der Waals surface area contributed by atoms with Gasteiger partial charge in [-0.3, -0.25) is 4.57 Å². The lowest BCUT2D eigenvalue weighted by atomic mass is 10.4. The first-order valence-corrected chi connectivity index (χ1v) is 9.39. The maximum absolute atomic E-state index is 11.7. The van der Waals surface area contributed by atoms with E-state index >= 15 is 0 Å². The largest absolute Gasteiger partial charge is 0.344 e. The van der Waals surface area contributed by atoms with Gasteiger partial charge >= 0.3 is 5.69 Å². The van der Waals surface area contributed by atoms with E-state index in [9.17, 15) is 4.79 Å². The van der Waals surface area contributed by atoms with Gasteiger partial charge in [-0.2, -0.15) is 11.3 Å². The lowest BCUT2D eigenvalue weighted by Crippen LogP contribution is -2.16. The molecular weight excluding hydrogens is 324 g/mol. The summed E-state index contributed by atoms with van der Waals surface area (Å²) >= 11 is 4.90. The molecule has 108 valence electrons. The Hall–Kier alpha value is -1.38. The topological polar surface area (TPSA) is 63.6 Å². The molecule has 0 saturated heterocycles. The van der Waals surface area contributed by atoms with E-state index in [4.69, 9.17) is 0 Å². The van der Waals surface area contributed by atoms with Crippen LogP contribution in [-0.4, -0.2) is 19.7 Å². The summed E-state index contributed by atoms with van der Waals surface area (Å²) < 4.78 is 1.77. The van der Waals surface area contributed by atoms with Crippen LogP contribution in [0.2, 0.25) is 0 Å². The van der Waals surface area contributed by atoms with Crippen molar-refractivity contribution < 1.29 is 0 Å². The highest BCUT2D eigenvalue weighted by Crippen LogP contribution is 2.36. The molecule has 5 nitrogen and oxygen atoms in total. The van der Waals surface area contributed by atoms with Gasteiger partial charge in [0.1, 0.15) is 5.01 Å². The Balaban J connectivity index is 1.49. The van der Waals surface area contributed by atoms with Gasteiger partial charge in [-0.1, -0.05) is 11.8 Å². The number of thiophene rings is 1. The van der Waals surface area contributed by atoms with E-state index < -0.39 is 0 Å². The molecule has 1 N–H and O–H groups in total. The predicted octanol–water partition coefficient (Wildman–Crippen LogP) is 3.38. The summed E-state index contributed by atoms with van der Waals surface area (Å²) in [5, 5.41) is 14.7. The number of aromatic nitrogens is 4. The van der Waals surface area contributed by atoms with E-state index in [0.717, 1.165) is 34.5 Å². The van der Waals surface area contributed by atoms with Crippen molar-refractivity contribution in [2.45, 2.75) is 29.8 Å². The van der Waals surface area contributed by atoms with E-state index in [2.05, 4.69) is 37.4 Å². The van der Waals surface area contributed by atoms with Crippen LogP contribution >= 0.6 is 34.4 Å². The molecule has 3 aromatic heterocycles. The summed E-state index contributed by atoms with van der Waals surface area (Å²) in [5.41, 5.74) is 2.11. The highest BCUT2D eigenvalue weighted by atomic mass is 32.2. The fraction of sp³-hybridized carbons (Fsp3) is 0.308. The Morgan fingerprint density at radius 2 is 2.33 bits per heavy atom. The maximum atomic E-state index is 11.7. The zero-order chi connectivity index (χ0) is 14.2. The van der Waals surface area contributed by atoms with Gasteiger partial charge in [-0.25, -0.2) is 14.9 Å². The lowest BCUT2D eigenvalue weighted by Gasteiger charge is -2.01. The standard InChI is InChI=1S/C13H12N4OS3/c18-12-15-16-13(17(12)10-1-2-10)21-7-9-6-20-11(14-9)8-3-4-19-5-8/h3-6,10H,1-2,7H2,(H,15,18). The molecule has 3 aromatic rings. The molecule has 0 amide bonds. The van der Waals surface area contributed by atoms with Gasteiger partial charge in [0, 0.05) is 28.1 Å². The molecule has 1 fully saturated rings. The highest BCUT2D eigenvalue weighted by molar-refractivity contribution is 7.98. The van der Waals surface area contributed by atoms with Gasteiger partial charge in [0.2, 0.25) is 0 Å². The molecule has 0 aliphatic heterocycles. The normalized spacial score (nSPS) is 14.7. The Morgan fingerprint density at radius 1 is 1.43 bits per heavy atom. The Morgan fingerprint density at radius 3 is 3.10 bits per heavy atom. The van der Waals surface area contributed by atoms with Crippen LogP contribution in [0.1, 0.15) is 24.6 Å². The fourth-order valence-electron chi connectivity index (χ4n) is 2.08. The Bertz CT molecular complexity index is 798. The first kappa shape index (κ1) is 13.3. The molecule has 1 aliphatic carbocycles. The summed E-state index contributed by atoms with van der Waals surface area (Å²) in [6, 6.07) is 2.43. The monoisotopic (exact) mass is 336 g/mol. The van der Waals surface area contributed by atoms with Crippen LogP contribution in [0.15, 0.2) is 32.2 Å². The average Bonchev–Trinajstić information content (AvgIpc) is 2.94. The smallest absolute Gasteiger partial charge is 0.267 e. The van der Waals surface area contributed by atoms with Crippen molar-refractivity contribution in [1.29, 1.82) is 0 Å². The third kappa shape index (κ3) is 2.70. The maximum Gasteiger partial charge on any atom is 0.344 e. The molecule has 0 spiro atoms. The number of nitrogens with zero attached hydrogens (tertiary/aromatic N) is 3. The van der Waals surface area contributed by atoms with Crippen LogP contribution in [0.4, 0.5) is 0 Å². The fourth-order valence-corrected chi connectivity index (χ4v) is 4.62. The minimum Gasteiger partial charge on any atom is -0.267 e. The SMILES string of the molecule is O=c1[nH]nc(SCc2csc(-c3ccsc3)n2)n1C1CC1. The van der Waals surface area contributed by atoms with Crippen LogP contribution < -0.4 is 5.69 Å². The number of thiazole rings is 1. The van der Waals surface area contributed by atoms with E-state index in [1.54, 1.807) is 39.0 Å². The van der Waals surface area contributed by atoms with Crippen LogP contribution in [0, 0.1) is 0 Å². The number of hydrogen-bond acceptors (Lipinski definition) is 6. The van der Waals surface area contributed by atoms with Gasteiger partial charge in [0.05, 0.1) is 5.69 Å². The summed E-state index contributed by atoms with van der Waals surface area (Å²) in [7, 11) is 0. The van der Waals surface area contributed by atoms with Crippen LogP contribution in [-0.2, 0) is 5.75 Å². The first-order chi connectivity index (χ1) is 10.3. The molecule has 1 saturated carbocycles. The molecule has 8 heteroatoms. The molecule has 0 bridgehead atoms. The molecule has 21 heavy (non-hydrogen) atoms. The van der Waals surface area contributed by atoms with Crippen LogP contribution in [0.3, 0.4) is 0 Å². The van der Waals surface area contributed by atoms with Gasteiger partial charge in [-0.15, -0.1) is 16.4 Å². The minimum atomic E-state index is -0.0998. The second-order valence-electron chi connectivity index (χ2n) is 4.86. The van der Waals surface area contributed by atoms with Crippen molar-refractivity contribution in [3.05, 3.63) is 38.4 Å². The second kappa shape index (κ2) is 5.43. The summed E-state index contributed by atoms with van der Waals surface area (Å²) in [6.45, 7) is 0. The van der Waals surface area contributed by atoms with Gasteiger partial charge in [-0.05, 0) is 24.3 Å². The number of thioether (sulfide) groups is 1. The van der Waals surface area contributed by atoms with Crippen molar-refractivity contribution in [3.8, 4) is 10.6 Å². The van der Waals surface area contributed by atoms with Gasteiger partial charge in [0.25, 0.3) is 0 Å². The molecule has 0 unspecified atom stereocenters. The number of H-pyrrole nitrogens is 1. The first-order valence-electron chi connectivity index (χ1n) is 6.58. The van der Waals surface area contributed by atoms with Crippen molar-refractivity contribution in [2.24, 2.45) is 0 Å². The van der Waals surface area contributed by atoms with Crippen molar-refractivity contribution in [2.75, 3.05) is 0 Å². The van der Waals surface area contributed by atoms with E-state index in [1.807, 2.05) is 0 Å². The quantitative estimate of drug-likeness (QED) is 0.726. The predicted molar refractivity (Wildman–Crippen MR) is 86.1 cm³/mol. The van der Waals surface area contributed by atoms with Crippen molar-refractivity contribution >= 4 is 34.4 Å². The zero-order valence-electron chi connectivity index (χ0n) is 11.0. The number of rotatable bonds is 5. The third-order valence-electron chi connectivity index (χ3n) is 3.25. The zero-order valence-corrected chi connectivity index (χ0v) is 13.4. The second-order valence-corrected chi connectivity index (χ2v) is 7.44. The van der Waals surface area contributed by atoms with Crippen LogP contribution in [0.5, 0.6) is 0 Å². The average molecular weight is 336 g/mol. The number of hydrogen-bond donors (Lipinski definition) is 1. The highest BCUT2D eigenvalue weighted by Gasteiger charge is 2.28. The Kier molecular flexibility index (Phi) is 3.44. The van der Waals surface area contributed by atoms with E-state index in [0.29, 0.717) is 6.04 Å². The van der Waals surface area contributed by atoms with Gasteiger partial charge in [0.15, 0.2) is 5.16 Å². The lowest BCUT2D eigenvalue weighted by molar-refractivity contribution is 0.642. The van der Waals surface area contributed by atoms with Crippen LogP contribution in [0.25, 0.3) is 10.6 Å². The van der Waals surface area contributed by atoms with E-state index in [1.165, 1.54) is 5.56 Å². The van der Waals surface area contributed by atoms with Crippen molar-refractivity contribution in [1.82, 2.24) is 19.7 Å². The molecule has 0 aromatic carbocycles. The molecular formula is C13H12N4OS3. The molecule has 4 rings (SSSR count). The van der Waals surface area contributed by atoms with Gasteiger partial charge < -0.3 is 0 Å². The molecule has 3 heterocycles. The summed E-state index contributed by atoms with van der Waals surface area (Å²) in [5.74, 6) is 0.734. The van der Waals surface area contributed by atoms with Crippen molar-refractivity contribution in [3.63, 3.8) is 0 Å². The number of nitrogens with one attached hydrogen (secondary N) is 1. The molecule has 0 atom stereocenters. The minimum absolute atomic E-state index is 0.0998. The molecule has 0 radical (unpaired) electrons. The third-order valence-corrected chi connectivity index (χ3v) is 5.86. The van der Waals surface area contributed by atoms with E-state index in [-0.39, 0.29) is 5.69 Å². The summed E-state index contributed by atoms with van der Waals surface area (Å²) in [4.78, 5) is 16.4. The molecule has 1 aliphatic rings. The number of aromatic amines is 1. The Labute approximate surface area is 133 Å². The summed E-state index contributed by atoms with van der Waals surface area (Å²) in [6.07, 6.45) is 2.15.